The van der Waals surface area contributed by atoms with Crippen LogP contribution in [-0.2, 0) is 16.6 Å². The molecule has 7 nitrogen and oxygen atoms in total. The molecule has 0 saturated heterocycles. The summed E-state index contributed by atoms with van der Waals surface area (Å²) in [6.45, 7) is 6.56. The first-order valence-corrected chi connectivity index (χ1v) is 9.52. The van der Waals surface area contributed by atoms with Gasteiger partial charge in [-0.1, -0.05) is 12.1 Å². The Kier molecular flexibility index (Phi) is 7.04. The van der Waals surface area contributed by atoms with E-state index >= 15 is 0 Å². The Morgan fingerprint density at radius 2 is 1.96 bits per heavy atom. The van der Waals surface area contributed by atoms with Crippen LogP contribution in [0.5, 0.6) is 5.75 Å². The standard InChI is InChI=1S/C16H28N4O3S/c1-12-7-8-13(14(9-12)23-5)10-18-15(17-4)19-11-16(2,3)20-24(6,21)22/h7-9,20H,10-11H2,1-6H3,(H2,17,18,19). The summed E-state index contributed by atoms with van der Waals surface area (Å²) < 4.78 is 30.7. The van der Waals surface area contributed by atoms with Gasteiger partial charge in [-0.3, -0.25) is 4.99 Å². The number of sulfonamides is 1. The van der Waals surface area contributed by atoms with Crippen molar-refractivity contribution in [3.05, 3.63) is 29.3 Å². The summed E-state index contributed by atoms with van der Waals surface area (Å²) in [6.07, 6.45) is 1.14. The van der Waals surface area contributed by atoms with Gasteiger partial charge in [0.25, 0.3) is 0 Å². The molecule has 0 saturated carbocycles. The number of benzene rings is 1. The molecule has 0 spiro atoms. The number of hydrogen-bond acceptors (Lipinski definition) is 4. The van der Waals surface area contributed by atoms with Gasteiger partial charge in [0, 0.05) is 31.2 Å². The number of rotatable bonds is 7. The molecule has 0 atom stereocenters. The van der Waals surface area contributed by atoms with Crippen LogP contribution in [0, 0.1) is 6.92 Å². The lowest BCUT2D eigenvalue weighted by Crippen LogP contribution is -2.52. The molecule has 0 aliphatic carbocycles. The molecular formula is C16H28N4O3S. The molecule has 1 aromatic carbocycles. The highest BCUT2D eigenvalue weighted by Crippen LogP contribution is 2.19. The minimum atomic E-state index is -3.27. The van der Waals surface area contributed by atoms with Crippen molar-refractivity contribution in [3.8, 4) is 5.75 Å². The summed E-state index contributed by atoms with van der Waals surface area (Å²) in [4.78, 5) is 4.15. The molecule has 1 aromatic rings. The fourth-order valence-corrected chi connectivity index (χ4v) is 3.32. The summed E-state index contributed by atoms with van der Waals surface area (Å²) in [5.41, 5.74) is 1.51. The second-order valence-corrected chi connectivity index (χ2v) is 8.10. The zero-order chi connectivity index (χ0) is 18.4. The zero-order valence-corrected chi connectivity index (χ0v) is 16.0. The van der Waals surface area contributed by atoms with E-state index in [9.17, 15) is 8.42 Å². The number of methoxy groups -OCH3 is 1. The number of nitrogens with one attached hydrogen (secondary N) is 3. The lowest BCUT2D eigenvalue weighted by atomic mass is 10.1. The predicted octanol–water partition coefficient (Wildman–Crippen LogP) is 0.996. The number of aryl methyl sites for hydroxylation is 1. The van der Waals surface area contributed by atoms with Gasteiger partial charge in [0.05, 0.1) is 13.4 Å². The first-order chi connectivity index (χ1) is 11.1. The first-order valence-electron chi connectivity index (χ1n) is 7.63. The van der Waals surface area contributed by atoms with Crippen molar-refractivity contribution in [1.29, 1.82) is 0 Å². The normalized spacial score (nSPS) is 12.8. The van der Waals surface area contributed by atoms with Gasteiger partial charge < -0.3 is 15.4 Å². The highest BCUT2D eigenvalue weighted by Gasteiger charge is 2.22. The number of guanidine groups is 1. The molecule has 24 heavy (non-hydrogen) atoms. The van der Waals surface area contributed by atoms with E-state index in [0.29, 0.717) is 19.0 Å². The number of ether oxygens (including phenoxy) is 1. The van der Waals surface area contributed by atoms with Gasteiger partial charge in [-0.05, 0) is 32.4 Å². The van der Waals surface area contributed by atoms with Crippen LogP contribution in [0.4, 0.5) is 0 Å². The van der Waals surface area contributed by atoms with Gasteiger partial charge in [0.15, 0.2) is 5.96 Å². The van der Waals surface area contributed by atoms with Gasteiger partial charge in [-0.15, -0.1) is 0 Å². The second-order valence-electron chi connectivity index (χ2n) is 6.35. The molecule has 8 heteroatoms. The Hall–Kier alpha value is -1.80. The minimum absolute atomic E-state index is 0.394. The van der Waals surface area contributed by atoms with Crippen molar-refractivity contribution in [3.63, 3.8) is 0 Å². The predicted molar refractivity (Wildman–Crippen MR) is 98.0 cm³/mol. The Balaban J connectivity index is 2.63. The molecule has 0 amide bonds. The van der Waals surface area contributed by atoms with E-state index in [-0.39, 0.29) is 0 Å². The maximum Gasteiger partial charge on any atom is 0.209 e. The van der Waals surface area contributed by atoms with E-state index in [1.165, 1.54) is 0 Å². The summed E-state index contributed by atoms with van der Waals surface area (Å²) in [6, 6.07) is 6.00. The average molecular weight is 356 g/mol. The minimum Gasteiger partial charge on any atom is -0.496 e. The van der Waals surface area contributed by atoms with Crippen molar-refractivity contribution in [1.82, 2.24) is 15.4 Å². The summed E-state index contributed by atoms with van der Waals surface area (Å²) in [7, 11) is 0.0373. The number of nitrogens with zero attached hydrogens (tertiary/aromatic N) is 1. The molecule has 0 fully saturated rings. The van der Waals surface area contributed by atoms with Crippen molar-refractivity contribution in [2.24, 2.45) is 4.99 Å². The van der Waals surface area contributed by atoms with Crippen LogP contribution in [0.15, 0.2) is 23.2 Å². The van der Waals surface area contributed by atoms with Crippen LogP contribution in [0.3, 0.4) is 0 Å². The number of hydrogen-bond donors (Lipinski definition) is 3. The van der Waals surface area contributed by atoms with Crippen LogP contribution in [-0.4, -0.2) is 46.9 Å². The van der Waals surface area contributed by atoms with Crippen LogP contribution >= 0.6 is 0 Å². The summed E-state index contributed by atoms with van der Waals surface area (Å²) >= 11 is 0. The quantitative estimate of drug-likeness (QED) is 0.501. The van der Waals surface area contributed by atoms with Crippen LogP contribution < -0.4 is 20.1 Å². The molecule has 0 heterocycles. The molecule has 0 aliphatic heterocycles. The molecule has 3 N–H and O–H groups in total. The lowest BCUT2D eigenvalue weighted by Gasteiger charge is -2.26. The van der Waals surface area contributed by atoms with Crippen molar-refractivity contribution in [2.75, 3.05) is 27.0 Å². The highest BCUT2D eigenvalue weighted by atomic mass is 32.2. The highest BCUT2D eigenvalue weighted by molar-refractivity contribution is 7.88. The monoisotopic (exact) mass is 356 g/mol. The van der Waals surface area contributed by atoms with E-state index in [1.54, 1.807) is 28.0 Å². The molecule has 136 valence electrons. The Bertz CT molecular complexity index is 685. The third-order valence-electron chi connectivity index (χ3n) is 3.27. The van der Waals surface area contributed by atoms with Crippen molar-refractivity contribution >= 4 is 16.0 Å². The topological polar surface area (TPSA) is 91.8 Å². The molecule has 0 aliphatic rings. The fraction of sp³-hybridized carbons (Fsp3) is 0.562. The SMILES string of the molecule is CN=C(NCc1ccc(C)cc1OC)NCC(C)(C)NS(C)(=O)=O. The molecule has 0 bridgehead atoms. The van der Waals surface area contributed by atoms with E-state index in [4.69, 9.17) is 4.74 Å². The maximum atomic E-state index is 11.4. The third kappa shape index (κ3) is 7.18. The maximum absolute atomic E-state index is 11.4. The van der Waals surface area contributed by atoms with Gasteiger partial charge in [0.2, 0.25) is 10.0 Å². The third-order valence-corrected chi connectivity index (χ3v) is 4.20. The second kappa shape index (κ2) is 8.34. The van der Waals surface area contributed by atoms with Crippen LogP contribution in [0.25, 0.3) is 0 Å². The molecule has 0 radical (unpaired) electrons. The van der Waals surface area contributed by atoms with Crippen molar-refractivity contribution < 1.29 is 13.2 Å². The van der Waals surface area contributed by atoms with E-state index in [2.05, 4.69) is 20.3 Å². The largest absolute Gasteiger partial charge is 0.496 e. The molecule has 1 rings (SSSR count). The fourth-order valence-electron chi connectivity index (χ4n) is 2.24. The van der Waals surface area contributed by atoms with Crippen LogP contribution in [0.1, 0.15) is 25.0 Å². The van der Waals surface area contributed by atoms with E-state index in [1.807, 2.05) is 25.1 Å². The molecular weight excluding hydrogens is 328 g/mol. The first kappa shape index (κ1) is 20.2. The van der Waals surface area contributed by atoms with Gasteiger partial charge >= 0.3 is 0 Å². The Morgan fingerprint density at radius 1 is 1.29 bits per heavy atom. The Labute approximate surface area is 145 Å². The smallest absolute Gasteiger partial charge is 0.209 e. The summed E-state index contributed by atoms with van der Waals surface area (Å²) in [5, 5.41) is 6.32. The van der Waals surface area contributed by atoms with Gasteiger partial charge in [0.1, 0.15) is 5.75 Å². The van der Waals surface area contributed by atoms with E-state index in [0.717, 1.165) is 23.1 Å². The van der Waals surface area contributed by atoms with Crippen molar-refractivity contribution in [2.45, 2.75) is 32.9 Å². The lowest BCUT2D eigenvalue weighted by molar-refractivity contribution is 0.408. The molecule has 0 aromatic heterocycles. The average Bonchev–Trinajstić information content (AvgIpc) is 2.45. The summed E-state index contributed by atoms with van der Waals surface area (Å²) in [5.74, 6) is 1.40. The number of aliphatic imine (C=N–C) groups is 1. The van der Waals surface area contributed by atoms with Gasteiger partial charge in [-0.25, -0.2) is 13.1 Å². The van der Waals surface area contributed by atoms with Gasteiger partial charge in [-0.2, -0.15) is 0 Å². The molecule has 0 unspecified atom stereocenters. The van der Waals surface area contributed by atoms with Crippen LogP contribution in [0.2, 0.25) is 0 Å². The van der Waals surface area contributed by atoms with E-state index < -0.39 is 15.6 Å². The zero-order valence-electron chi connectivity index (χ0n) is 15.2. The Morgan fingerprint density at radius 3 is 2.50 bits per heavy atom.